The SMILES string of the molecule is CN1C(C)(C)CC(OC(=O)c2ccccc2C(=O)O)CC1(C)C. The Labute approximate surface area is 137 Å². The first kappa shape index (κ1) is 17.5. The second-order valence-corrected chi connectivity index (χ2v) is 7.47. The highest BCUT2D eigenvalue weighted by molar-refractivity contribution is 6.02. The van der Waals surface area contributed by atoms with Crippen LogP contribution in [0.25, 0.3) is 0 Å². The van der Waals surface area contributed by atoms with Crippen LogP contribution in [0.15, 0.2) is 24.3 Å². The van der Waals surface area contributed by atoms with Crippen LogP contribution in [-0.4, -0.2) is 46.2 Å². The van der Waals surface area contributed by atoms with Gasteiger partial charge in [0.25, 0.3) is 0 Å². The van der Waals surface area contributed by atoms with E-state index < -0.39 is 11.9 Å². The van der Waals surface area contributed by atoms with E-state index in [0.717, 1.165) is 0 Å². The highest BCUT2D eigenvalue weighted by Crippen LogP contribution is 2.38. The number of nitrogens with zero attached hydrogens (tertiary/aromatic N) is 1. The summed E-state index contributed by atoms with van der Waals surface area (Å²) in [7, 11) is 2.08. The first-order valence-electron chi connectivity index (χ1n) is 7.82. The zero-order chi connectivity index (χ0) is 17.4. The minimum atomic E-state index is -1.12. The number of hydrogen-bond donors (Lipinski definition) is 1. The molecule has 1 saturated heterocycles. The van der Waals surface area contributed by atoms with Crippen molar-refractivity contribution in [1.29, 1.82) is 0 Å². The lowest BCUT2D eigenvalue weighted by Crippen LogP contribution is -2.60. The number of carbonyl (C=O) groups is 2. The Balaban J connectivity index is 2.20. The van der Waals surface area contributed by atoms with Crippen molar-refractivity contribution in [1.82, 2.24) is 4.90 Å². The second-order valence-electron chi connectivity index (χ2n) is 7.47. The molecular formula is C18H25NO4. The van der Waals surface area contributed by atoms with E-state index in [-0.39, 0.29) is 28.3 Å². The molecule has 1 N–H and O–H groups in total. The molecule has 0 saturated carbocycles. The van der Waals surface area contributed by atoms with Crippen LogP contribution >= 0.6 is 0 Å². The molecule has 1 aliphatic rings. The molecular weight excluding hydrogens is 294 g/mol. The predicted octanol–water partition coefficient (Wildman–Crippen LogP) is 3.19. The minimum absolute atomic E-state index is 0.0241. The van der Waals surface area contributed by atoms with E-state index in [1.165, 1.54) is 12.1 Å². The molecule has 1 aromatic carbocycles. The van der Waals surface area contributed by atoms with Crippen LogP contribution in [0, 0.1) is 0 Å². The number of hydrogen-bond acceptors (Lipinski definition) is 4. The summed E-state index contributed by atoms with van der Waals surface area (Å²) in [6.45, 7) is 8.50. The van der Waals surface area contributed by atoms with E-state index in [1.807, 2.05) is 0 Å². The van der Waals surface area contributed by atoms with Gasteiger partial charge in [0.1, 0.15) is 6.10 Å². The molecule has 126 valence electrons. The number of likely N-dealkylation sites (tertiary alicyclic amines) is 1. The van der Waals surface area contributed by atoms with Gasteiger partial charge in [-0.1, -0.05) is 12.1 Å². The van der Waals surface area contributed by atoms with Gasteiger partial charge in [-0.25, -0.2) is 9.59 Å². The smallest absolute Gasteiger partial charge is 0.339 e. The number of benzene rings is 1. The Morgan fingerprint density at radius 3 is 2.04 bits per heavy atom. The number of carboxylic acids is 1. The third-order valence-electron chi connectivity index (χ3n) is 4.92. The minimum Gasteiger partial charge on any atom is -0.478 e. The fourth-order valence-corrected chi connectivity index (χ4v) is 3.43. The van der Waals surface area contributed by atoms with Gasteiger partial charge < -0.3 is 9.84 Å². The van der Waals surface area contributed by atoms with E-state index in [9.17, 15) is 14.7 Å². The number of rotatable bonds is 3. The summed E-state index contributed by atoms with van der Waals surface area (Å²) < 4.78 is 5.66. The highest BCUT2D eigenvalue weighted by Gasteiger charge is 2.44. The molecule has 2 rings (SSSR count). The van der Waals surface area contributed by atoms with Crippen molar-refractivity contribution in [3.05, 3.63) is 35.4 Å². The Morgan fingerprint density at radius 1 is 1.09 bits per heavy atom. The molecule has 1 heterocycles. The molecule has 0 bridgehead atoms. The van der Waals surface area contributed by atoms with Gasteiger partial charge in [0.15, 0.2) is 0 Å². The van der Waals surface area contributed by atoms with E-state index in [4.69, 9.17) is 4.74 Å². The largest absolute Gasteiger partial charge is 0.478 e. The first-order valence-corrected chi connectivity index (χ1v) is 7.82. The zero-order valence-corrected chi connectivity index (χ0v) is 14.4. The summed E-state index contributed by atoms with van der Waals surface area (Å²) in [5, 5.41) is 9.21. The molecule has 5 heteroatoms. The standard InChI is InChI=1S/C18H25NO4/c1-17(2)10-12(11-18(3,4)19(17)5)23-16(22)14-9-7-6-8-13(14)15(20)21/h6-9,12H,10-11H2,1-5H3,(H,20,21). The second kappa shape index (κ2) is 5.96. The van der Waals surface area contributed by atoms with Crippen molar-refractivity contribution in [2.75, 3.05) is 7.05 Å². The van der Waals surface area contributed by atoms with Gasteiger partial charge in [0.2, 0.25) is 0 Å². The number of esters is 1. The topological polar surface area (TPSA) is 66.8 Å². The number of carbonyl (C=O) groups excluding carboxylic acids is 1. The van der Waals surface area contributed by atoms with Crippen molar-refractivity contribution >= 4 is 11.9 Å². The average Bonchev–Trinajstić information content (AvgIpc) is 2.44. The number of aromatic carboxylic acids is 1. The number of piperidine rings is 1. The van der Waals surface area contributed by atoms with Gasteiger partial charge in [0.05, 0.1) is 11.1 Å². The van der Waals surface area contributed by atoms with Crippen LogP contribution in [0.1, 0.15) is 61.3 Å². The average molecular weight is 319 g/mol. The van der Waals surface area contributed by atoms with Gasteiger partial charge in [-0.05, 0) is 46.9 Å². The van der Waals surface area contributed by atoms with Gasteiger partial charge in [-0.2, -0.15) is 0 Å². The van der Waals surface area contributed by atoms with Crippen molar-refractivity contribution < 1.29 is 19.4 Å². The van der Waals surface area contributed by atoms with Gasteiger partial charge >= 0.3 is 11.9 Å². The molecule has 0 spiro atoms. The van der Waals surface area contributed by atoms with Gasteiger partial charge in [-0.3, -0.25) is 4.90 Å². The third-order valence-corrected chi connectivity index (χ3v) is 4.92. The number of carboxylic acid groups (broad SMARTS) is 1. The molecule has 0 atom stereocenters. The first-order chi connectivity index (χ1) is 10.5. The van der Waals surface area contributed by atoms with Gasteiger partial charge in [0, 0.05) is 23.9 Å². The fraction of sp³-hybridized carbons (Fsp3) is 0.556. The Morgan fingerprint density at radius 2 is 1.57 bits per heavy atom. The van der Waals surface area contributed by atoms with Gasteiger partial charge in [-0.15, -0.1) is 0 Å². The lowest BCUT2D eigenvalue weighted by Gasteiger charge is -2.53. The molecule has 0 amide bonds. The summed E-state index contributed by atoms with van der Waals surface area (Å²) in [6, 6.07) is 6.16. The molecule has 5 nitrogen and oxygen atoms in total. The van der Waals surface area contributed by atoms with E-state index in [0.29, 0.717) is 12.8 Å². The van der Waals surface area contributed by atoms with Crippen molar-refractivity contribution in [3.63, 3.8) is 0 Å². The molecule has 23 heavy (non-hydrogen) atoms. The monoisotopic (exact) mass is 319 g/mol. The van der Waals surface area contributed by atoms with Crippen molar-refractivity contribution in [3.8, 4) is 0 Å². The van der Waals surface area contributed by atoms with Crippen LogP contribution in [0.5, 0.6) is 0 Å². The summed E-state index contributed by atoms with van der Waals surface area (Å²) in [4.78, 5) is 26.0. The van der Waals surface area contributed by atoms with Crippen LogP contribution < -0.4 is 0 Å². The molecule has 1 fully saturated rings. The predicted molar refractivity (Wildman–Crippen MR) is 87.8 cm³/mol. The van der Waals surface area contributed by atoms with Crippen LogP contribution in [0.3, 0.4) is 0 Å². The van der Waals surface area contributed by atoms with E-state index >= 15 is 0 Å². The normalized spacial score (nSPS) is 20.9. The quantitative estimate of drug-likeness (QED) is 0.867. The fourth-order valence-electron chi connectivity index (χ4n) is 3.43. The third kappa shape index (κ3) is 3.55. The molecule has 1 aromatic rings. The Hall–Kier alpha value is -1.88. The molecule has 0 aliphatic carbocycles. The number of ether oxygens (including phenoxy) is 1. The maximum atomic E-state index is 12.4. The summed E-state index contributed by atoms with van der Waals surface area (Å²) in [5.74, 6) is -1.69. The summed E-state index contributed by atoms with van der Waals surface area (Å²) >= 11 is 0. The summed E-state index contributed by atoms with van der Waals surface area (Å²) in [6.07, 6.45) is 1.20. The lowest BCUT2D eigenvalue weighted by atomic mass is 9.78. The Bertz CT molecular complexity index is 603. The van der Waals surface area contributed by atoms with Crippen molar-refractivity contribution in [2.45, 2.75) is 57.7 Å². The van der Waals surface area contributed by atoms with E-state index in [2.05, 4.69) is 39.6 Å². The molecule has 0 aromatic heterocycles. The van der Waals surface area contributed by atoms with E-state index in [1.54, 1.807) is 12.1 Å². The maximum absolute atomic E-state index is 12.4. The maximum Gasteiger partial charge on any atom is 0.339 e. The lowest BCUT2D eigenvalue weighted by molar-refractivity contribution is -0.0732. The van der Waals surface area contributed by atoms with Crippen LogP contribution in [0.2, 0.25) is 0 Å². The molecule has 0 unspecified atom stereocenters. The summed E-state index contributed by atoms with van der Waals surface area (Å²) in [5.41, 5.74) is -0.114. The molecule has 1 aliphatic heterocycles. The van der Waals surface area contributed by atoms with Crippen LogP contribution in [0.4, 0.5) is 0 Å². The Kier molecular flexibility index (Phi) is 4.53. The van der Waals surface area contributed by atoms with Crippen molar-refractivity contribution in [2.24, 2.45) is 0 Å². The molecule has 0 radical (unpaired) electrons. The van der Waals surface area contributed by atoms with Crippen LogP contribution in [-0.2, 0) is 4.74 Å². The highest BCUT2D eigenvalue weighted by atomic mass is 16.5. The zero-order valence-electron chi connectivity index (χ0n) is 14.4.